The Morgan fingerprint density at radius 3 is 2.30 bits per heavy atom. The maximum atomic E-state index is 13.5. The molecule has 20 heavy (non-hydrogen) atoms. The van der Waals surface area contributed by atoms with Gasteiger partial charge in [0.1, 0.15) is 6.07 Å². The molecule has 0 bridgehead atoms. The molecule has 0 heterocycles. The van der Waals surface area contributed by atoms with Crippen LogP contribution >= 0.6 is 0 Å². The average Bonchev–Trinajstić information content (AvgIpc) is 2.46. The molecule has 0 aliphatic carbocycles. The molecule has 3 nitrogen and oxygen atoms in total. The summed E-state index contributed by atoms with van der Waals surface area (Å²) in [5, 5.41) is 10.9. The summed E-state index contributed by atoms with van der Waals surface area (Å²) in [5.74, 6) is -6.05. The fourth-order valence-electron chi connectivity index (χ4n) is 1.57. The number of anilines is 1. The second kappa shape index (κ2) is 5.45. The molecule has 0 aromatic heterocycles. The van der Waals surface area contributed by atoms with Gasteiger partial charge < -0.3 is 5.32 Å². The SMILES string of the molecule is N#Cc1cc(C(=O)Nc2ccccc2)c(F)c(F)c1F. The van der Waals surface area contributed by atoms with Crippen LogP contribution in [-0.4, -0.2) is 5.91 Å². The van der Waals surface area contributed by atoms with Gasteiger partial charge in [-0.05, 0) is 18.2 Å². The number of hydrogen-bond donors (Lipinski definition) is 1. The molecule has 0 fully saturated rings. The molecule has 1 N–H and O–H groups in total. The van der Waals surface area contributed by atoms with Gasteiger partial charge in [-0.2, -0.15) is 5.26 Å². The molecule has 0 spiro atoms. The third-order valence-electron chi connectivity index (χ3n) is 2.54. The Kier molecular flexibility index (Phi) is 3.71. The van der Waals surface area contributed by atoms with Gasteiger partial charge >= 0.3 is 0 Å². The van der Waals surface area contributed by atoms with Crippen molar-refractivity contribution >= 4 is 11.6 Å². The number of para-hydroxylation sites is 1. The summed E-state index contributed by atoms with van der Waals surface area (Å²) in [6, 6.07) is 10.1. The number of rotatable bonds is 2. The van der Waals surface area contributed by atoms with Gasteiger partial charge in [0.2, 0.25) is 0 Å². The zero-order chi connectivity index (χ0) is 14.7. The van der Waals surface area contributed by atoms with Crippen LogP contribution in [0.2, 0.25) is 0 Å². The van der Waals surface area contributed by atoms with Crippen LogP contribution in [0.15, 0.2) is 36.4 Å². The van der Waals surface area contributed by atoms with Crippen molar-refractivity contribution in [2.45, 2.75) is 0 Å². The van der Waals surface area contributed by atoms with Gasteiger partial charge in [-0.3, -0.25) is 4.79 Å². The highest BCUT2D eigenvalue weighted by molar-refractivity contribution is 6.04. The predicted molar refractivity (Wildman–Crippen MR) is 65.4 cm³/mol. The Bertz CT molecular complexity index is 709. The predicted octanol–water partition coefficient (Wildman–Crippen LogP) is 3.23. The van der Waals surface area contributed by atoms with Gasteiger partial charge in [0.05, 0.1) is 11.1 Å². The molecule has 0 unspecified atom stereocenters. The van der Waals surface area contributed by atoms with Crippen molar-refractivity contribution in [3.05, 3.63) is 65.0 Å². The summed E-state index contributed by atoms with van der Waals surface area (Å²) >= 11 is 0. The third kappa shape index (κ3) is 2.47. The lowest BCUT2D eigenvalue weighted by atomic mass is 10.1. The Balaban J connectivity index is 2.41. The minimum atomic E-state index is -1.85. The quantitative estimate of drug-likeness (QED) is 0.856. The largest absolute Gasteiger partial charge is 0.322 e. The molecule has 2 aromatic rings. The van der Waals surface area contributed by atoms with Gasteiger partial charge in [-0.1, -0.05) is 18.2 Å². The van der Waals surface area contributed by atoms with Crippen LogP contribution in [0.1, 0.15) is 15.9 Å². The van der Waals surface area contributed by atoms with Crippen molar-refractivity contribution in [1.82, 2.24) is 0 Å². The normalized spacial score (nSPS) is 9.90. The summed E-state index contributed by atoms with van der Waals surface area (Å²) < 4.78 is 40.0. The van der Waals surface area contributed by atoms with Crippen LogP contribution < -0.4 is 5.32 Å². The molecule has 1 amide bonds. The Morgan fingerprint density at radius 2 is 1.70 bits per heavy atom. The standard InChI is InChI=1S/C14H7F3N2O/c15-11-8(7-18)6-10(12(16)13(11)17)14(20)19-9-4-2-1-3-5-9/h1-6H,(H,19,20). The lowest BCUT2D eigenvalue weighted by Crippen LogP contribution is -2.16. The summed E-state index contributed by atoms with van der Waals surface area (Å²) in [5.41, 5.74) is -1.11. The Morgan fingerprint density at radius 1 is 1.05 bits per heavy atom. The summed E-state index contributed by atoms with van der Waals surface area (Å²) in [6.07, 6.45) is 0. The van der Waals surface area contributed by atoms with Gasteiger partial charge in [-0.15, -0.1) is 0 Å². The van der Waals surface area contributed by atoms with E-state index in [0.717, 1.165) is 0 Å². The number of halogens is 3. The summed E-state index contributed by atoms with van der Waals surface area (Å²) in [4.78, 5) is 11.8. The van der Waals surface area contributed by atoms with E-state index in [1.165, 1.54) is 6.07 Å². The monoisotopic (exact) mass is 276 g/mol. The first kappa shape index (κ1) is 13.6. The average molecular weight is 276 g/mol. The van der Waals surface area contributed by atoms with Crippen molar-refractivity contribution in [3.8, 4) is 6.07 Å². The van der Waals surface area contributed by atoms with Crippen LogP contribution in [0.25, 0.3) is 0 Å². The van der Waals surface area contributed by atoms with Crippen molar-refractivity contribution < 1.29 is 18.0 Å². The van der Waals surface area contributed by atoms with E-state index in [2.05, 4.69) is 5.32 Å². The highest BCUT2D eigenvalue weighted by Gasteiger charge is 2.22. The first-order chi connectivity index (χ1) is 9.54. The van der Waals surface area contributed by atoms with Gasteiger partial charge in [0.25, 0.3) is 5.91 Å². The van der Waals surface area contributed by atoms with E-state index in [4.69, 9.17) is 5.26 Å². The molecule has 0 saturated heterocycles. The van der Waals surface area contributed by atoms with Crippen molar-refractivity contribution in [1.29, 1.82) is 5.26 Å². The second-order valence-electron chi connectivity index (χ2n) is 3.85. The summed E-state index contributed by atoms with van der Waals surface area (Å²) in [7, 11) is 0. The topological polar surface area (TPSA) is 52.9 Å². The van der Waals surface area contributed by atoms with E-state index >= 15 is 0 Å². The molecule has 0 saturated carbocycles. The first-order valence-corrected chi connectivity index (χ1v) is 5.48. The molecule has 2 aromatic carbocycles. The van der Waals surface area contributed by atoms with E-state index in [9.17, 15) is 18.0 Å². The van der Waals surface area contributed by atoms with Gasteiger partial charge in [0, 0.05) is 5.69 Å². The maximum absolute atomic E-state index is 13.5. The maximum Gasteiger partial charge on any atom is 0.258 e. The first-order valence-electron chi connectivity index (χ1n) is 5.48. The minimum absolute atomic E-state index is 0.361. The zero-order valence-corrected chi connectivity index (χ0v) is 9.95. The lowest BCUT2D eigenvalue weighted by Gasteiger charge is -2.07. The molecule has 6 heteroatoms. The fourth-order valence-corrected chi connectivity index (χ4v) is 1.57. The number of nitrogens with zero attached hydrogens (tertiary/aromatic N) is 1. The van der Waals surface area contributed by atoms with Crippen LogP contribution in [0.5, 0.6) is 0 Å². The minimum Gasteiger partial charge on any atom is -0.322 e. The van der Waals surface area contributed by atoms with Gasteiger partial charge in [-0.25, -0.2) is 13.2 Å². The van der Waals surface area contributed by atoms with Crippen molar-refractivity contribution in [3.63, 3.8) is 0 Å². The number of hydrogen-bond acceptors (Lipinski definition) is 2. The fraction of sp³-hybridized carbons (Fsp3) is 0. The summed E-state index contributed by atoms with van der Waals surface area (Å²) in [6.45, 7) is 0. The van der Waals surface area contributed by atoms with Crippen LogP contribution in [0, 0.1) is 28.8 Å². The molecule has 0 radical (unpaired) electrons. The lowest BCUT2D eigenvalue weighted by molar-refractivity contribution is 0.102. The van der Waals surface area contributed by atoms with Crippen LogP contribution in [-0.2, 0) is 0 Å². The molecule has 0 atom stereocenters. The van der Waals surface area contributed by atoms with E-state index in [1.807, 2.05) is 0 Å². The van der Waals surface area contributed by atoms with Crippen LogP contribution in [0.3, 0.4) is 0 Å². The molecule has 0 aliphatic heterocycles. The molecule has 0 aliphatic rings. The smallest absolute Gasteiger partial charge is 0.258 e. The van der Waals surface area contributed by atoms with E-state index in [-0.39, 0.29) is 0 Å². The molecular formula is C14H7F3N2O. The molecule has 100 valence electrons. The highest BCUT2D eigenvalue weighted by Crippen LogP contribution is 2.20. The van der Waals surface area contributed by atoms with Crippen molar-refractivity contribution in [2.75, 3.05) is 5.32 Å². The number of carbonyl (C=O) groups is 1. The Hall–Kier alpha value is -2.81. The highest BCUT2D eigenvalue weighted by atomic mass is 19.2. The number of nitrogens with one attached hydrogen (secondary N) is 1. The number of carbonyl (C=O) groups excluding carboxylic acids is 1. The number of nitriles is 1. The van der Waals surface area contributed by atoms with Crippen LogP contribution in [0.4, 0.5) is 18.9 Å². The van der Waals surface area contributed by atoms with E-state index in [1.54, 1.807) is 30.3 Å². The number of benzene rings is 2. The van der Waals surface area contributed by atoms with Crippen molar-refractivity contribution in [2.24, 2.45) is 0 Å². The third-order valence-corrected chi connectivity index (χ3v) is 2.54. The second-order valence-corrected chi connectivity index (χ2v) is 3.85. The molecular weight excluding hydrogens is 269 g/mol. The Labute approximate surface area is 112 Å². The molecule has 2 rings (SSSR count). The van der Waals surface area contributed by atoms with Gasteiger partial charge in [0.15, 0.2) is 17.5 Å². The number of amides is 1. The van der Waals surface area contributed by atoms with E-state index in [0.29, 0.717) is 11.8 Å². The van der Waals surface area contributed by atoms with E-state index < -0.39 is 34.5 Å². The zero-order valence-electron chi connectivity index (χ0n) is 9.95.